The van der Waals surface area contributed by atoms with Gasteiger partial charge >= 0.3 is 0 Å². The van der Waals surface area contributed by atoms with Crippen LogP contribution in [0.15, 0.2) is 42.1 Å². The lowest BCUT2D eigenvalue weighted by molar-refractivity contribution is -0.674. The maximum absolute atomic E-state index is 4.85. The summed E-state index contributed by atoms with van der Waals surface area (Å²) in [5, 5.41) is 0. The number of hydrogen-bond acceptors (Lipinski definition) is 1. The van der Waals surface area contributed by atoms with E-state index in [0.29, 0.717) is 0 Å². The lowest BCUT2D eigenvalue weighted by Gasteiger charge is -2.07. The monoisotopic (exact) mass is 274 g/mol. The van der Waals surface area contributed by atoms with Crippen molar-refractivity contribution in [3.8, 4) is 0 Å². The second-order valence-corrected chi connectivity index (χ2v) is 6.10. The van der Waals surface area contributed by atoms with E-state index < -0.39 is 0 Å². The number of pyridine rings is 1. The second kappa shape index (κ2) is 3.61. The fourth-order valence-electron chi connectivity index (χ4n) is 3.91. The van der Waals surface area contributed by atoms with Gasteiger partial charge in [-0.1, -0.05) is 12.1 Å². The van der Waals surface area contributed by atoms with Crippen LogP contribution in [0.1, 0.15) is 22.6 Å². The minimum Gasteiger partial charge on any atom is -0.290 e. The SMILES string of the molecule is Cc1cccc2nc3n(c12)C1=C(Cc2ccc[n+](C)c21)C3. The van der Waals surface area contributed by atoms with Crippen LogP contribution in [0.3, 0.4) is 0 Å². The van der Waals surface area contributed by atoms with Crippen molar-refractivity contribution >= 4 is 16.7 Å². The first-order valence-corrected chi connectivity index (χ1v) is 7.41. The normalized spacial score (nSPS) is 15.5. The molecule has 0 atom stereocenters. The number of aromatic nitrogens is 3. The molecule has 3 aromatic rings. The van der Waals surface area contributed by atoms with E-state index in [-0.39, 0.29) is 0 Å². The first-order valence-electron chi connectivity index (χ1n) is 7.41. The Labute approximate surface area is 123 Å². The Morgan fingerprint density at radius 2 is 2.05 bits per heavy atom. The highest BCUT2D eigenvalue weighted by Crippen LogP contribution is 2.41. The first kappa shape index (κ1) is 11.3. The summed E-state index contributed by atoms with van der Waals surface area (Å²) >= 11 is 0. The van der Waals surface area contributed by atoms with Crippen LogP contribution < -0.4 is 4.57 Å². The Morgan fingerprint density at radius 1 is 1.14 bits per heavy atom. The Bertz CT molecular complexity index is 960. The third kappa shape index (κ3) is 1.29. The number of benzene rings is 1. The van der Waals surface area contributed by atoms with Crippen molar-refractivity contribution < 1.29 is 4.57 Å². The van der Waals surface area contributed by atoms with Crippen molar-refractivity contribution in [3.63, 3.8) is 0 Å². The Morgan fingerprint density at radius 3 is 2.95 bits per heavy atom. The van der Waals surface area contributed by atoms with Gasteiger partial charge in [0.1, 0.15) is 18.6 Å². The first-order chi connectivity index (χ1) is 10.2. The molecule has 5 rings (SSSR count). The van der Waals surface area contributed by atoms with Crippen molar-refractivity contribution in [2.24, 2.45) is 7.05 Å². The molecule has 3 heteroatoms. The van der Waals surface area contributed by atoms with E-state index >= 15 is 0 Å². The van der Waals surface area contributed by atoms with Gasteiger partial charge in [0.2, 0.25) is 5.69 Å². The molecule has 3 nitrogen and oxygen atoms in total. The van der Waals surface area contributed by atoms with Crippen LogP contribution >= 0.6 is 0 Å². The number of rotatable bonds is 0. The molecule has 0 fully saturated rings. The van der Waals surface area contributed by atoms with Crippen molar-refractivity contribution in [3.05, 3.63) is 64.7 Å². The molecule has 21 heavy (non-hydrogen) atoms. The summed E-state index contributed by atoms with van der Waals surface area (Å²) in [5.74, 6) is 1.19. The van der Waals surface area contributed by atoms with E-state index in [1.807, 2.05) is 0 Å². The zero-order valence-corrected chi connectivity index (χ0v) is 12.2. The second-order valence-electron chi connectivity index (χ2n) is 6.10. The Balaban J connectivity index is 1.89. The number of imidazole rings is 1. The predicted octanol–water partition coefficient (Wildman–Crippen LogP) is 2.54. The zero-order chi connectivity index (χ0) is 14.1. The van der Waals surface area contributed by atoms with Gasteiger partial charge < -0.3 is 0 Å². The molecule has 1 aliphatic carbocycles. The quantitative estimate of drug-likeness (QED) is 0.577. The number of para-hydroxylation sites is 1. The fraction of sp³-hybridized carbons (Fsp3) is 0.222. The summed E-state index contributed by atoms with van der Waals surface area (Å²) < 4.78 is 4.64. The van der Waals surface area contributed by atoms with Gasteiger partial charge in [0, 0.05) is 24.5 Å². The lowest BCUT2D eigenvalue weighted by atomic mass is 10.1. The molecule has 0 unspecified atom stereocenters. The van der Waals surface area contributed by atoms with Crippen LogP contribution in [-0.4, -0.2) is 9.55 Å². The highest BCUT2D eigenvalue weighted by molar-refractivity contribution is 5.89. The summed E-state index contributed by atoms with van der Waals surface area (Å²) in [6, 6.07) is 10.8. The van der Waals surface area contributed by atoms with Crippen LogP contribution in [0.25, 0.3) is 16.7 Å². The maximum Gasteiger partial charge on any atom is 0.232 e. The zero-order valence-electron chi connectivity index (χ0n) is 12.2. The number of hydrogen-bond donors (Lipinski definition) is 0. The number of aryl methyl sites for hydroxylation is 2. The van der Waals surface area contributed by atoms with Gasteiger partial charge in [0.25, 0.3) is 0 Å². The molecule has 0 N–H and O–H groups in total. The summed E-state index contributed by atoms with van der Waals surface area (Å²) in [6.07, 6.45) is 4.19. The molecule has 2 aliphatic rings. The van der Waals surface area contributed by atoms with E-state index in [1.54, 1.807) is 0 Å². The maximum atomic E-state index is 4.85. The highest BCUT2D eigenvalue weighted by atomic mass is 15.1. The average molecular weight is 274 g/mol. The molecule has 0 spiro atoms. The molecule has 0 amide bonds. The van der Waals surface area contributed by atoms with Crippen molar-refractivity contribution in [1.29, 1.82) is 0 Å². The van der Waals surface area contributed by atoms with E-state index in [9.17, 15) is 0 Å². The lowest BCUT2D eigenvalue weighted by Crippen LogP contribution is -2.33. The summed E-state index contributed by atoms with van der Waals surface area (Å²) in [7, 11) is 2.14. The smallest absolute Gasteiger partial charge is 0.232 e. The summed E-state index contributed by atoms with van der Waals surface area (Å²) in [5.41, 5.74) is 9.36. The van der Waals surface area contributed by atoms with Gasteiger partial charge in [-0.3, -0.25) is 4.57 Å². The topological polar surface area (TPSA) is 21.7 Å². The van der Waals surface area contributed by atoms with E-state index in [0.717, 1.165) is 18.4 Å². The van der Waals surface area contributed by atoms with Gasteiger partial charge in [-0.25, -0.2) is 4.98 Å². The van der Waals surface area contributed by atoms with Gasteiger partial charge in [0.15, 0.2) is 6.20 Å². The third-order valence-corrected chi connectivity index (χ3v) is 4.77. The van der Waals surface area contributed by atoms with E-state index in [4.69, 9.17) is 4.98 Å². The van der Waals surface area contributed by atoms with E-state index in [2.05, 4.69) is 59.6 Å². The molecular weight excluding hydrogens is 258 g/mol. The molecule has 1 aromatic carbocycles. The standard InChI is InChI=1S/C18H16N3/c1-11-5-3-7-14-16(11)21-15(19-14)10-13-9-12-6-4-8-20(2)17(12)18(13)21/h3-8H,9-10H2,1-2H3/q+1. The molecule has 0 bridgehead atoms. The van der Waals surface area contributed by atoms with Crippen LogP contribution in [0.2, 0.25) is 0 Å². The van der Waals surface area contributed by atoms with Crippen molar-refractivity contribution in [2.45, 2.75) is 19.8 Å². The van der Waals surface area contributed by atoms with Gasteiger partial charge in [-0.05, 0) is 30.2 Å². The predicted molar refractivity (Wildman–Crippen MR) is 81.8 cm³/mol. The molecule has 3 heterocycles. The molecular formula is C18H16N3+. The van der Waals surface area contributed by atoms with E-state index in [1.165, 1.54) is 39.4 Å². The molecule has 1 aliphatic heterocycles. The Kier molecular flexibility index (Phi) is 1.94. The molecule has 2 aromatic heterocycles. The average Bonchev–Trinajstić information content (AvgIpc) is 3.05. The van der Waals surface area contributed by atoms with Gasteiger partial charge in [-0.2, -0.15) is 4.57 Å². The summed E-state index contributed by atoms with van der Waals surface area (Å²) in [6.45, 7) is 2.18. The van der Waals surface area contributed by atoms with Gasteiger partial charge in [-0.15, -0.1) is 0 Å². The molecule has 0 saturated heterocycles. The highest BCUT2D eigenvalue weighted by Gasteiger charge is 2.37. The molecule has 0 saturated carbocycles. The van der Waals surface area contributed by atoms with Crippen LogP contribution in [0.4, 0.5) is 0 Å². The van der Waals surface area contributed by atoms with Crippen LogP contribution in [0, 0.1) is 6.92 Å². The minimum absolute atomic E-state index is 0.984. The third-order valence-electron chi connectivity index (χ3n) is 4.77. The molecule has 102 valence electrons. The van der Waals surface area contributed by atoms with Crippen LogP contribution in [-0.2, 0) is 19.9 Å². The fourth-order valence-corrected chi connectivity index (χ4v) is 3.91. The Hall–Kier alpha value is -2.42. The van der Waals surface area contributed by atoms with Gasteiger partial charge in [0.05, 0.1) is 11.0 Å². The van der Waals surface area contributed by atoms with Crippen molar-refractivity contribution in [2.75, 3.05) is 0 Å². The number of fused-ring (bicyclic) bond motifs is 6. The summed E-state index contributed by atoms with van der Waals surface area (Å²) in [4.78, 5) is 4.85. The largest absolute Gasteiger partial charge is 0.290 e. The minimum atomic E-state index is 0.984. The van der Waals surface area contributed by atoms with Crippen LogP contribution in [0.5, 0.6) is 0 Å². The van der Waals surface area contributed by atoms with Crippen molar-refractivity contribution in [1.82, 2.24) is 9.55 Å². The number of allylic oxidation sites excluding steroid dienone is 1. The molecule has 0 radical (unpaired) electrons. The number of nitrogens with zero attached hydrogens (tertiary/aromatic N) is 3.